The first-order valence-electron chi connectivity index (χ1n) is 8.48. The Labute approximate surface area is 166 Å². The fourth-order valence-corrected chi connectivity index (χ4v) is 3.05. The van der Waals surface area contributed by atoms with Gasteiger partial charge in [-0.1, -0.05) is 40.2 Å². The van der Waals surface area contributed by atoms with E-state index < -0.39 is 0 Å². The molecule has 0 aromatic heterocycles. The molecule has 0 radical (unpaired) electrons. The number of carbonyl (C=O) groups is 2. The van der Waals surface area contributed by atoms with E-state index in [1.807, 2.05) is 38.1 Å². The highest BCUT2D eigenvalue weighted by Crippen LogP contribution is 2.20. The highest BCUT2D eigenvalue weighted by Gasteiger charge is 2.11. The Bertz CT molecular complexity index is 1010. The Morgan fingerprint density at radius 2 is 1.41 bits per heavy atom. The third kappa shape index (κ3) is 4.63. The molecule has 3 aromatic carbocycles. The Morgan fingerprint density at radius 3 is 2.15 bits per heavy atom. The first-order chi connectivity index (χ1) is 12.9. The molecule has 0 bridgehead atoms. The molecule has 0 unspecified atom stereocenters. The van der Waals surface area contributed by atoms with Gasteiger partial charge in [0.25, 0.3) is 11.8 Å². The normalized spacial score (nSPS) is 10.3. The average Bonchev–Trinajstić information content (AvgIpc) is 2.65. The number of hydrogen-bond donors (Lipinski definition) is 2. The quantitative estimate of drug-likeness (QED) is 0.577. The lowest BCUT2D eigenvalue weighted by Crippen LogP contribution is -2.15. The van der Waals surface area contributed by atoms with Crippen molar-refractivity contribution < 1.29 is 9.59 Å². The van der Waals surface area contributed by atoms with Crippen LogP contribution in [-0.2, 0) is 0 Å². The number of aryl methyl sites for hydroxylation is 1. The van der Waals surface area contributed by atoms with Crippen LogP contribution in [-0.4, -0.2) is 11.8 Å². The summed E-state index contributed by atoms with van der Waals surface area (Å²) in [5.41, 5.74) is 4.50. The van der Waals surface area contributed by atoms with Crippen molar-refractivity contribution in [3.63, 3.8) is 0 Å². The number of benzene rings is 3. The van der Waals surface area contributed by atoms with E-state index in [4.69, 9.17) is 0 Å². The van der Waals surface area contributed by atoms with Gasteiger partial charge in [-0.15, -0.1) is 0 Å². The van der Waals surface area contributed by atoms with Crippen LogP contribution in [0.25, 0.3) is 0 Å². The largest absolute Gasteiger partial charge is 0.322 e. The third-order valence-corrected chi connectivity index (χ3v) is 4.82. The molecule has 0 aliphatic heterocycles. The summed E-state index contributed by atoms with van der Waals surface area (Å²) in [4.78, 5) is 25.0. The zero-order chi connectivity index (χ0) is 19.4. The summed E-state index contributed by atoms with van der Waals surface area (Å²) in [5, 5.41) is 5.75. The fourth-order valence-electron chi connectivity index (χ4n) is 2.65. The van der Waals surface area contributed by atoms with Crippen molar-refractivity contribution in [1.29, 1.82) is 0 Å². The molecular weight excluding hydrogens is 404 g/mol. The summed E-state index contributed by atoms with van der Waals surface area (Å²) in [7, 11) is 0. The van der Waals surface area contributed by atoms with E-state index in [1.165, 1.54) is 0 Å². The molecule has 0 fully saturated rings. The minimum Gasteiger partial charge on any atom is -0.322 e. The first kappa shape index (κ1) is 18.9. The topological polar surface area (TPSA) is 58.2 Å². The van der Waals surface area contributed by atoms with E-state index in [2.05, 4.69) is 26.6 Å². The van der Waals surface area contributed by atoms with Crippen LogP contribution in [0.1, 0.15) is 31.8 Å². The lowest BCUT2D eigenvalue weighted by atomic mass is 10.1. The molecule has 0 saturated carbocycles. The molecule has 0 aliphatic rings. The van der Waals surface area contributed by atoms with E-state index >= 15 is 0 Å². The minimum atomic E-state index is -0.233. The van der Waals surface area contributed by atoms with E-state index in [-0.39, 0.29) is 11.8 Å². The molecule has 0 saturated heterocycles. The van der Waals surface area contributed by atoms with E-state index in [1.54, 1.807) is 42.5 Å². The number of nitrogens with one attached hydrogen (secondary N) is 2. The molecule has 2 amide bonds. The minimum absolute atomic E-state index is 0.220. The van der Waals surface area contributed by atoms with Crippen molar-refractivity contribution in [2.24, 2.45) is 0 Å². The monoisotopic (exact) mass is 422 g/mol. The highest BCUT2D eigenvalue weighted by molar-refractivity contribution is 9.10. The molecule has 3 rings (SSSR count). The second kappa shape index (κ2) is 8.18. The van der Waals surface area contributed by atoms with Gasteiger partial charge < -0.3 is 10.6 Å². The third-order valence-electron chi connectivity index (χ3n) is 4.32. The summed E-state index contributed by atoms with van der Waals surface area (Å²) in [6, 6.07) is 19.8. The van der Waals surface area contributed by atoms with Gasteiger partial charge in [-0.2, -0.15) is 0 Å². The highest BCUT2D eigenvalue weighted by atomic mass is 79.9. The zero-order valence-electron chi connectivity index (χ0n) is 15.0. The van der Waals surface area contributed by atoms with Gasteiger partial charge in [0.1, 0.15) is 0 Å². The maximum Gasteiger partial charge on any atom is 0.255 e. The fraction of sp³-hybridized carbons (Fsp3) is 0.0909. The van der Waals surface area contributed by atoms with Crippen molar-refractivity contribution in [2.45, 2.75) is 13.8 Å². The molecule has 2 N–H and O–H groups in total. The van der Waals surface area contributed by atoms with Crippen LogP contribution >= 0.6 is 15.9 Å². The van der Waals surface area contributed by atoms with Gasteiger partial charge >= 0.3 is 0 Å². The van der Waals surface area contributed by atoms with Crippen molar-refractivity contribution in [3.8, 4) is 0 Å². The number of carbonyl (C=O) groups excluding carboxylic acids is 2. The molecule has 0 heterocycles. The molecule has 136 valence electrons. The van der Waals surface area contributed by atoms with E-state index in [9.17, 15) is 9.59 Å². The smallest absolute Gasteiger partial charge is 0.255 e. The van der Waals surface area contributed by atoms with Gasteiger partial charge in [-0.05, 0) is 67.4 Å². The van der Waals surface area contributed by atoms with Crippen LogP contribution in [0, 0.1) is 13.8 Å². The molecule has 0 spiro atoms. The van der Waals surface area contributed by atoms with Crippen LogP contribution in [0.5, 0.6) is 0 Å². The number of anilines is 2. The average molecular weight is 423 g/mol. The lowest BCUT2D eigenvalue weighted by molar-refractivity contribution is 0.101. The number of amides is 2. The molecular formula is C22H19BrN2O2. The Kier molecular flexibility index (Phi) is 5.72. The zero-order valence-corrected chi connectivity index (χ0v) is 16.6. The van der Waals surface area contributed by atoms with E-state index in [0.29, 0.717) is 16.8 Å². The lowest BCUT2D eigenvalue weighted by Gasteiger charge is -2.11. The van der Waals surface area contributed by atoms with Gasteiger partial charge in [0, 0.05) is 27.0 Å². The van der Waals surface area contributed by atoms with Crippen LogP contribution in [0.15, 0.2) is 71.2 Å². The van der Waals surface area contributed by atoms with E-state index in [0.717, 1.165) is 21.3 Å². The second-order valence-electron chi connectivity index (χ2n) is 6.25. The van der Waals surface area contributed by atoms with Crippen LogP contribution in [0.3, 0.4) is 0 Å². The Morgan fingerprint density at radius 1 is 0.778 bits per heavy atom. The van der Waals surface area contributed by atoms with Gasteiger partial charge in [0.05, 0.1) is 0 Å². The van der Waals surface area contributed by atoms with Gasteiger partial charge in [-0.3, -0.25) is 9.59 Å². The van der Waals surface area contributed by atoms with Gasteiger partial charge in [-0.25, -0.2) is 0 Å². The summed E-state index contributed by atoms with van der Waals surface area (Å²) in [6.07, 6.45) is 0. The Balaban J connectivity index is 1.76. The van der Waals surface area contributed by atoms with Crippen LogP contribution < -0.4 is 10.6 Å². The molecule has 4 nitrogen and oxygen atoms in total. The molecule has 0 aliphatic carbocycles. The predicted molar refractivity (Wildman–Crippen MR) is 112 cm³/mol. The first-order valence-corrected chi connectivity index (χ1v) is 9.28. The molecule has 0 atom stereocenters. The summed E-state index contributed by atoms with van der Waals surface area (Å²) >= 11 is 3.36. The predicted octanol–water partition coefficient (Wildman–Crippen LogP) is 5.57. The molecule has 3 aromatic rings. The van der Waals surface area contributed by atoms with Crippen molar-refractivity contribution >= 4 is 39.1 Å². The van der Waals surface area contributed by atoms with Crippen LogP contribution in [0.4, 0.5) is 11.4 Å². The summed E-state index contributed by atoms with van der Waals surface area (Å²) in [5.74, 6) is -0.453. The van der Waals surface area contributed by atoms with Crippen molar-refractivity contribution in [1.82, 2.24) is 0 Å². The second-order valence-corrected chi connectivity index (χ2v) is 7.16. The maximum absolute atomic E-state index is 12.6. The van der Waals surface area contributed by atoms with Gasteiger partial charge in [0.15, 0.2) is 0 Å². The SMILES string of the molecule is Cc1cccc(NC(=O)c2cccc(NC(=O)c3cccc(Br)c3)c2)c1C. The van der Waals surface area contributed by atoms with Crippen molar-refractivity contribution in [2.75, 3.05) is 10.6 Å². The molecule has 27 heavy (non-hydrogen) atoms. The van der Waals surface area contributed by atoms with Crippen LogP contribution in [0.2, 0.25) is 0 Å². The standard InChI is InChI=1S/C22H19BrN2O2/c1-14-6-3-11-20(15(14)2)25-22(27)17-8-5-10-19(13-17)24-21(26)16-7-4-9-18(23)12-16/h3-13H,1-2H3,(H,24,26)(H,25,27). The van der Waals surface area contributed by atoms with Crippen molar-refractivity contribution in [3.05, 3.63) is 93.5 Å². The Hall–Kier alpha value is -2.92. The summed E-state index contributed by atoms with van der Waals surface area (Å²) < 4.78 is 0.830. The summed E-state index contributed by atoms with van der Waals surface area (Å²) in [6.45, 7) is 3.97. The number of rotatable bonds is 4. The maximum atomic E-state index is 12.6. The molecule has 5 heteroatoms. The number of hydrogen-bond acceptors (Lipinski definition) is 2. The van der Waals surface area contributed by atoms with Gasteiger partial charge in [0.2, 0.25) is 0 Å². The number of halogens is 1.